The first-order valence-corrected chi connectivity index (χ1v) is 12.9. The lowest BCUT2D eigenvalue weighted by molar-refractivity contribution is 0.249. The van der Waals surface area contributed by atoms with Gasteiger partial charge in [-0.3, -0.25) is 0 Å². The fourth-order valence-electron chi connectivity index (χ4n) is 7.15. The smallest absolute Gasteiger partial charge is 0.0747 e. The highest BCUT2D eigenvalue weighted by Gasteiger charge is 2.33. The van der Waals surface area contributed by atoms with Crippen LogP contribution in [0.25, 0.3) is 28.1 Å². The third-order valence-electron chi connectivity index (χ3n) is 8.85. The van der Waals surface area contributed by atoms with Crippen molar-refractivity contribution < 1.29 is 0 Å². The normalized spacial score (nSPS) is 23.9. The molecule has 3 aliphatic carbocycles. The molecule has 2 atom stereocenters. The largest absolute Gasteiger partial charge is 0.248 e. The van der Waals surface area contributed by atoms with Crippen LogP contribution in [0, 0.1) is 24.7 Å². The second-order valence-electron chi connectivity index (χ2n) is 10.9. The van der Waals surface area contributed by atoms with Gasteiger partial charge in [0.2, 0.25) is 0 Å². The van der Waals surface area contributed by atoms with Crippen LogP contribution in [-0.2, 0) is 12.8 Å². The summed E-state index contributed by atoms with van der Waals surface area (Å²) in [5.41, 5.74) is 11.8. The summed E-state index contributed by atoms with van der Waals surface area (Å²) < 4.78 is 0. The molecule has 0 radical (unpaired) electrons. The number of pyridine rings is 1. The number of nitrogens with zero attached hydrogens (tertiary/aromatic N) is 1. The van der Waals surface area contributed by atoms with Crippen molar-refractivity contribution in [2.75, 3.05) is 0 Å². The van der Waals surface area contributed by atoms with Crippen molar-refractivity contribution in [3.63, 3.8) is 0 Å². The molecule has 2 unspecified atom stereocenters. The van der Waals surface area contributed by atoms with Crippen molar-refractivity contribution in [2.45, 2.75) is 65.2 Å². The Morgan fingerprint density at radius 2 is 1.79 bits per heavy atom. The highest BCUT2D eigenvalue weighted by atomic mass is 14.7. The molecule has 2 saturated carbocycles. The van der Waals surface area contributed by atoms with Crippen molar-refractivity contribution in [3.05, 3.63) is 82.6 Å². The van der Waals surface area contributed by atoms with Crippen LogP contribution in [0.5, 0.6) is 0 Å². The van der Waals surface area contributed by atoms with Gasteiger partial charge in [0.25, 0.3) is 0 Å². The zero-order valence-electron chi connectivity index (χ0n) is 20.2. The maximum atomic E-state index is 5.28. The minimum absolute atomic E-state index is 0.914. The van der Waals surface area contributed by atoms with Gasteiger partial charge < -0.3 is 0 Å². The summed E-state index contributed by atoms with van der Waals surface area (Å²) in [5.74, 6) is 2.95. The van der Waals surface area contributed by atoms with Gasteiger partial charge in [0.1, 0.15) is 0 Å². The molecular weight excluding hydrogens is 398 g/mol. The fourth-order valence-corrected chi connectivity index (χ4v) is 7.15. The molecule has 0 saturated heterocycles. The number of benzene rings is 2. The second-order valence-corrected chi connectivity index (χ2v) is 10.9. The van der Waals surface area contributed by atoms with E-state index in [1.165, 1.54) is 88.4 Å². The van der Waals surface area contributed by atoms with Crippen molar-refractivity contribution in [3.8, 4) is 0 Å². The molecule has 33 heavy (non-hydrogen) atoms. The number of hydrogen-bond donors (Lipinski definition) is 0. The molecule has 1 heteroatoms. The molecular formula is C32H35N. The minimum Gasteiger partial charge on any atom is -0.248 e. The van der Waals surface area contributed by atoms with Gasteiger partial charge >= 0.3 is 0 Å². The van der Waals surface area contributed by atoms with Gasteiger partial charge in [-0.25, -0.2) is 4.98 Å². The lowest BCUT2D eigenvalue weighted by Gasteiger charge is -2.28. The topological polar surface area (TPSA) is 12.9 Å². The molecule has 3 aromatic rings. The first-order valence-electron chi connectivity index (χ1n) is 12.9. The number of aromatic nitrogens is 1. The summed E-state index contributed by atoms with van der Waals surface area (Å²) in [6, 6.07) is 15.7. The van der Waals surface area contributed by atoms with Crippen molar-refractivity contribution in [2.24, 2.45) is 17.8 Å². The van der Waals surface area contributed by atoms with E-state index in [4.69, 9.17) is 4.98 Å². The van der Waals surface area contributed by atoms with Gasteiger partial charge in [-0.2, -0.15) is 0 Å². The third-order valence-corrected chi connectivity index (χ3v) is 8.85. The summed E-state index contributed by atoms with van der Waals surface area (Å²) >= 11 is 0. The number of rotatable bonds is 5. The number of fused-ring (bicyclic) bond motifs is 4. The van der Waals surface area contributed by atoms with Crippen LogP contribution in [0.15, 0.2) is 49.0 Å². The molecule has 0 aliphatic heterocycles. The van der Waals surface area contributed by atoms with E-state index < -0.39 is 0 Å². The summed E-state index contributed by atoms with van der Waals surface area (Å²) in [4.78, 5) is 5.28. The van der Waals surface area contributed by atoms with Gasteiger partial charge in [0.15, 0.2) is 0 Å². The van der Waals surface area contributed by atoms with Crippen LogP contribution in [-0.4, -0.2) is 4.98 Å². The third kappa shape index (κ3) is 3.66. The molecule has 0 spiro atoms. The molecule has 168 valence electrons. The highest BCUT2D eigenvalue weighted by molar-refractivity contribution is 5.99. The quantitative estimate of drug-likeness (QED) is 0.393. The van der Waals surface area contributed by atoms with Gasteiger partial charge in [-0.05, 0) is 109 Å². The Morgan fingerprint density at radius 3 is 2.55 bits per heavy atom. The Bertz CT molecular complexity index is 1270. The molecule has 1 aromatic heterocycles. The number of hydrogen-bond acceptors (Lipinski definition) is 1. The Morgan fingerprint density at radius 1 is 1.00 bits per heavy atom. The predicted molar refractivity (Wildman–Crippen MR) is 141 cm³/mol. The molecule has 6 rings (SSSR count). The monoisotopic (exact) mass is 433 g/mol. The van der Waals surface area contributed by atoms with Gasteiger partial charge in [-0.15, -0.1) is 0 Å². The number of allylic oxidation sites excluding steroid dienone is 2. The van der Waals surface area contributed by atoms with Crippen molar-refractivity contribution in [1.29, 1.82) is 0 Å². The van der Waals surface area contributed by atoms with Crippen LogP contribution >= 0.6 is 0 Å². The molecule has 1 heterocycles. The Kier molecular flexibility index (Phi) is 5.24. The SMILES string of the molecule is C=Cc1cc(C2=C(C)c3ccccc3C2)nc2c(C)ccc(CCC3CC4CCC(C3)C4)c12. The molecule has 2 bridgehead atoms. The Labute approximate surface area is 198 Å². The second kappa shape index (κ2) is 8.28. The van der Waals surface area contributed by atoms with Crippen molar-refractivity contribution >= 4 is 28.1 Å². The van der Waals surface area contributed by atoms with E-state index in [9.17, 15) is 0 Å². The van der Waals surface area contributed by atoms with E-state index in [1.807, 2.05) is 0 Å². The zero-order chi connectivity index (χ0) is 22.5. The first kappa shape index (κ1) is 20.9. The van der Waals surface area contributed by atoms with E-state index in [0.29, 0.717) is 0 Å². The van der Waals surface area contributed by atoms with E-state index in [1.54, 1.807) is 0 Å². The van der Waals surface area contributed by atoms with Gasteiger partial charge in [-0.1, -0.05) is 61.9 Å². The fraction of sp³-hybridized carbons (Fsp3) is 0.406. The van der Waals surface area contributed by atoms with E-state index in [-0.39, 0.29) is 0 Å². The Balaban J connectivity index is 1.36. The lowest BCUT2D eigenvalue weighted by atomic mass is 9.78. The average Bonchev–Trinajstić information content (AvgIpc) is 3.36. The van der Waals surface area contributed by atoms with E-state index in [2.05, 4.69) is 69.0 Å². The summed E-state index contributed by atoms with van der Waals surface area (Å²) in [5, 5.41) is 1.33. The first-order chi connectivity index (χ1) is 16.1. The van der Waals surface area contributed by atoms with Crippen molar-refractivity contribution in [1.82, 2.24) is 4.98 Å². The highest BCUT2D eigenvalue weighted by Crippen LogP contribution is 2.46. The van der Waals surface area contributed by atoms with Gasteiger partial charge in [0.05, 0.1) is 11.2 Å². The van der Waals surface area contributed by atoms with Crippen LogP contribution in [0.3, 0.4) is 0 Å². The van der Waals surface area contributed by atoms with Gasteiger partial charge in [0, 0.05) is 11.8 Å². The molecule has 0 amide bonds. The summed E-state index contributed by atoms with van der Waals surface area (Å²) in [7, 11) is 0. The molecule has 1 nitrogen and oxygen atoms in total. The molecule has 0 N–H and O–H groups in total. The van der Waals surface area contributed by atoms with E-state index in [0.717, 1.165) is 36.3 Å². The number of aryl methyl sites for hydroxylation is 2. The lowest BCUT2D eigenvalue weighted by Crippen LogP contribution is -2.16. The minimum atomic E-state index is 0.914. The van der Waals surface area contributed by atoms with Crippen LogP contribution in [0.4, 0.5) is 0 Å². The maximum Gasteiger partial charge on any atom is 0.0747 e. The standard InChI is InChI=1S/C32H35N/c1-4-25-19-30(29-18-27-7-5-6-8-28(27)21(29)3)33-32-20(2)9-13-26(31(25)32)14-12-24-16-22-10-11-23(15-22)17-24/h4-9,13,19,22-24H,1,10-12,14-18H2,2-3H3. The van der Waals surface area contributed by atoms with Crippen LogP contribution in [0.1, 0.15) is 79.0 Å². The summed E-state index contributed by atoms with van der Waals surface area (Å²) in [6.45, 7) is 8.67. The maximum absolute atomic E-state index is 5.28. The zero-order valence-corrected chi connectivity index (χ0v) is 20.2. The van der Waals surface area contributed by atoms with E-state index >= 15 is 0 Å². The molecule has 2 aromatic carbocycles. The van der Waals surface area contributed by atoms with Crippen LogP contribution < -0.4 is 0 Å². The molecule has 2 fully saturated rings. The average molecular weight is 434 g/mol. The summed E-state index contributed by atoms with van der Waals surface area (Å²) in [6.07, 6.45) is 12.9. The molecule has 3 aliphatic rings. The Hall–Kier alpha value is -2.67. The van der Waals surface area contributed by atoms with Crippen LogP contribution in [0.2, 0.25) is 0 Å². The predicted octanol–water partition coefficient (Wildman–Crippen LogP) is 8.43.